The molecule has 10 heteroatoms. The van der Waals surface area contributed by atoms with E-state index in [1.165, 1.54) is 45.4 Å². The molecule has 0 saturated carbocycles. The average molecular weight is 412 g/mol. The van der Waals surface area contributed by atoms with Crippen LogP contribution in [0.1, 0.15) is 35.1 Å². The van der Waals surface area contributed by atoms with Gasteiger partial charge in [0.05, 0.1) is 31.5 Å². The van der Waals surface area contributed by atoms with Crippen LogP contribution in [0.5, 0.6) is 5.75 Å². The lowest BCUT2D eigenvalue weighted by atomic mass is 10.2. The summed E-state index contributed by atoms with van der Waals surface area (Å²) in [4.78, 5) is 23.8. The lowest BCUT2D eigenvalue weighted by molar-refractivity contribution is -0.119. The highest BCUT2D eigenvalue weighted by atomic mass is 32.2. The van der Waals surface area contributed by atoms with Gasteiger partial charge in [0, 0.05) is 17.9 Å². The minimum atomic E-state index is -3.95. The van der Waals surface area contributed by atoms with Crippen LogP contribution in [0.25, 0.3) is 0 Å². The third-order valence-corrected chi connectivity index (χ3v) is 6.72. The van der Waals surface area contributed by atoms with Crippen LogP contribution in [-0.4, -0.2) is 34.5 Å². The second kappa shape index (κ2) is 8.40. The molecule has 0 saturated heterocycles. The summed E-state index contributed by atoms with van der Waals surface area (Å²) >= 11 is 1.03. The number of ether oxygens (including phenoxy) is 2. The minimum Gasteiger partial charge on any atom is -0.497 e. The highest BCUT2D eigenvalue weighted by Gasteiger charge is 2.22. The van der Waals surface area contributed by atoms with E-state index in [2.05, 4.69) is 10.0 Å². The maximum Gasteiger partial charge on any atom is 0.339 e. The lowest BCUT2D eigenvalue weighted by Gasteiger charge is -2.12. The SMILES string of the molecule is COC(=O)c1ccc(OC)cc1NS(=O)(=O)c1ccc(C(C)NC(C)=O)s1. The van der Waals surface area contributed by atoms with E-state index in [1.807, 2.05) is 0 Å². The Morgan fingerprint density at radius 3 is 2.44 bits per heavy atom. The Morgan fingerprint density at radius 1 is 1.15 bits per heavy atom. The van der Waals surface area contributed by atoms with Gasteiger partial charge in [-0.25, -0.2) is 13.2 Å². The van der Waals surface area contributed by atoms with Crippen molar-refractivity contribution in [2.45, 2.75) is 24.1 Å². The molecule has 0 aliphatic rings. The van der Waals surface area contributed by atoms with E-state index in [0.29, 0.717) is 10.6 Å². The molecule has 0 aliphatic carbocycles. The van der Waals surface area contributed by atoms with E-state index >= 15 is 0 Å². The van der Waals surface area contributed by atoms with Crippen molar-refractivity contribution in [2.24, 2.45) is 0 Å². The number of esters is 1. The van der Waals surface area contributed by atoms with Crippen molar-refractivity contribution < 1.29 is 27.5 Å². The fourth-order valence-electron chi connectivity index (χ4n) is 2.31. The van der Waals surface area contributed by atoms with Gasteiger partial charge in [-0.15, -0.1) is 11.3 Å². The number of methoxy groups -OCH3 is 2. The van der Waals surface area contributed by atoms with Crippen molar-refractivity contribution in [2.75, 3.05) is 18.9 Å². The zero-order valence-corrected chi connectivity index (χ0v) is 16.9. The van der Waals surface area contributed by atoms with Crippen LogP contribution in [0.15, 0.2) is 34.5 Å². The molecule has 1 amide bonds. The van der Waals surface area contributed by atoms with Crippen molar-refractivity contribution in [3.05, 3.63) is 40.8 Å². The maximum absolute atomic E-state index is 12.7. The molecule has 0 spiro atoms. The van der Waals surface area contributed by atoms with E-state index in [9.17, 15) is 18.0 Å². The van der Waals surface area contributed by atoms with E-state index in [4.69, 9.17) is 9.47 Å². The molecule has 2 aromatic rings. The van der Waals surface area contributed by atoms with E-state index in [1.54, 1.807) is 13.0 Å². The fraction of sp³-hybridized carbons (Fsp3) is 0.294. The van der Waals surface area contributed by atoms with Gasteiger partial charge in [0.15, 0.2) is 0 Å². The summed E-state index contributed by atoms with van der Waals surface area (Å²) < 4.78 is 37.7. The maximum atomic E-state index is 12.7. The van der Waals surface area contributed by atoms with Crippen molar-refractivity contribution in [3.63, 3.8) is 0 Å². The van der Waals surface area contributed by atoms with Gasteiger partial charge in [-0.2, -0.15) is 0 Å². The second-order valence-electron chi connectivity index (χ2n) is 5.59. The Hall–Kier alpha value is -2.59. The first-order chi connectivity index (χ1) is 12.7. The number of anilines is 1. The third-order valence-electron chi connectivity index (χ3n) is 3.59. The molecule has 146 valence electrons. The largest absolute Gasteiger partial charge is 0.497 e. The van der Waals surface area contributed by atoms with Crippen LogP contribution in [-0.2, 0) is 19.6 Å². The van der Waals surface area contributed by atoms with Crippen LogP contribution in [0.2, 0.25) is 0 Å². The van der Waals surface area contributed by atoms with Crippen molar-refractivity contribution in [1.29, 1.82) is 0 Å². The zero-order chi connectivity index (χ0) is 20.2. The quantitative estimate of drug-likeness (QED) is 0.676. The fourth-order valence-corrected chi connectivity index (χ4v) is 4.70. The summed E-state index contributed by atoms with van der Waals surface area (Å²) in [5.74, 6) is -0.509. The highest BCUT2D eigenvalue weighted by Crippen LogP contribution is 2.30. The van der Waals surface area contributed by atoms with Crippen molar-refractivity contribution >= 4 is 38.9 Å². The van der Waals surface area contributed by atoms with Gasteiger partial charge in [-0.1, -0.05) is 0 Å². The van der Waals surface area contributed by atoms with Gasteiger partial charge in [0.2, 0.25) is 5.91 Å². The van der Waals surface area contributed by atoms with Gasteiger partial charge < -0.3 is 14.8 Å². The number of hydrogen-bond acceptors (Lipinski definition) is 7. The normalized spacial score (nSPS) is 12.1. The average Bonchev–Trinajstić information content (AvgIpc) is 3.11. The van der Waals surface area contributed by atoms with E-state index in [0.717, 1.165) is 11.3 Å². The molecule has 1 heterocycles. The molecule has 1 unspecified atom stereocenters. The van der Waals surface area contributed by atoms with E-state index in [-0.39, 0.29) is 27.4 Å². The lowest BCUT2D eigenvalue weighted by Crippen LogP contribution is -2.22. The molecule has 0 bridgehead atoms. The number of amides is 1. The molecule has 0 fully saturated rings. The summed E-state index contributed by atoms with van der Waals surface area (Å²) in [5, 5.41) is 2.70. The number of nitrogens with one attached hydrogen (secondary N) is 2. The standard InChI is InChI=1S/C17H20N2O6S2/c1-10(18-11(2)20)15-7-8-16(26-15)27(22,23)19-14-9-12(24-3)5-6-13(14)17(21)25-4/h5-10,19H,1-4H3,(H,18,20). The first-order valence-electron chi connectivity index (χ1n) is 7.84. The molecule has 2 rings (SSSR count). The Kier molecular flexibility index (Phi) is 6.45. The number of carbonyl (C=O) groups is 2. The van der Waals surface area contributed by atoms with Crippen LogP contribution >= 0.6 is 11.3 Å². The molecular formula is C17H20N2O6S2. The first-order valence-corrected chi connectivity index (χ1v) is 10.1. The van der Waals surface area contributed by atoms with Gasteiger partial charge in [-0.05, 0) is 31.2 Å². The Labute approximate surface area is 161 Å². The third kappa shape index (κ3) is 4.98. The van der Waals surface area contributed by atoms with Crippen LogP contribution in [0.4, 0.5) is 5.69 Å². The summed E-state index contributed by atoms with van der Waals surface area (Å²) in [7, 11) is -1.31. The van der Waals surface area contributed by atoms with Gasteiger partial charge in [-0.3, -0.25) is 9.52 Å². The Balaban J connectivity index is 2.35. The number of benzene rings is 1. The number of hydrogen-bond donors (Lipinski definition) is 2. The zero-order valence-electron chi connectivity index (χ0n) is 15.2. The van der Waals surface area contributed by atoms with Crippen molar-refractivity contribution in [3.8, 4) is 5.75 Å². The first kappa shape index (κ1) is 20.7. The van der Waals surface area contributed by atoms with Gasteiger partial charge in [0.25, 0.3) is 10.0 Å². The Bertz CT molecular complexity index is 952. The van der Waals surface area contributed by atoms with Gasteiger partial charge in [0.1, 0.15) is 9.96 Å². The molecule has 0 radical (unpaired) electrons. The second-order valence-corrected chi connectivity index (χ2v) is 8.61. The molecule has 1 atom stereocenters. The van der Waals surface area contributed by atoms with Crippen LogP contribution < -0.4 is 14.8 Å². The minimum absolute atomic E-state index is 0.0473. The molecule has 1 aromatic carbocycles. The predicted octanol–water partition coefficient (Wildman–Crippen LogP) is 2.54. The highest BCUT2D eigenvalue weighted by molar-refractivity contribution is 7.94. The monoisotopic (exact) mass is 412 g/mol. The molecular weight excluding hydrogens is 392 g/mol. The van der Waals surface area contributed by atoms with Crippen LogP contribution in [0, 0.1) is 0 Å². The number of sulfonamides is 1. The predicted molar refractivity (Wildman–Crippen MR) is 102 cm³/mol. The molecule has 8 nitrogen and oxygen atoms in total. The van der Waals surface area contributed by atoms with Gasteiger partial charge >= 0.3 is 5.97 Å². The van der Waals surface area contributed by atoms with E-state index < -0.39 is 16.0 Å². The topological polar surface area (TPSA) is 111 Å². The molecule has 0 aliphatic heterocycles. The number of thiophene rings is 1. The summed E-state index contributed by atoms with van der Waals surface area (Å²) in [6.07, 6.45) is 0. The summed E-state index contributed by atoms with van der Waals surface area (Å²) in [5.41, 5.74) is 0.108. The Morgan fingerprint density at radius 2 is 1.85 bits per heavy atom. The smallest absolute Gasteiger partial charge is 0.339 e. The number of carbonyl (C=O) groups excluding carboxylic acids is 2. The summed E-state index contributed by atoms with van der Waals surface area (Å²) in [6, 6.07) is 7.10. The van der Waals surface area contributed by atoms with Crippen LogP contribution in [0.3, 0.4) is 0 Å². The molecule has 1 aromatic heterocycles. The molecule has 2 N–H and O–H groups in total. The van der Waals surface area contributed by atoms with Crippen molar-refractivity contribution in [1.82, 2.24) is 5.32 Å². The summed E-state index contributed by atoms with van der Waals surface area (Å²) in [6.45, 7) is 3.15. The number of rotatable bonds is 7. The molecule has 27 heavy (non-hydrogen) atoms.